The van der Waals surface area contributed by atoms with Crippen molar-refractivity contribution >= 4 is 6.41 Å². The van der Waals surface area contributed by atoms with E-state index in [1.807, 2.05) is 24.0 Å². The molecule has 1 aromatic heterocycles. The van der Waals surface area contributed by atoms with Gasteiger partial charge in [0, 0.05) is 12.7 Å². The Kier molecular flexibility index (Phi) is 2.48. The number of nitrogens with zero attached hydrogens (tertiary/aromatic N) is 2. The van der Waals surface area contributed by atoms with Gasteiger partial charge in [-0.1, -0.05) is 6.07 Å². The van der Waals surface area contributed by atoms with Gasteiger partial charge >= 0.3 is 0 Å². The molecule has 0 saturated carbocycles. The van der Waals surface area contributed by atoms with Crippen molar-refractivity contribution in [3.05, 3.63) is 29.6 Å². The number of likely N-dealkylation sites (tertiary alicyclic amines) is 1. The maximum absolute atomic E-state index is 10.8. The molecule has 1 atom stereocenters. The number of aromatic nitrogens is 1. The highest BCUT2D eigenvalue weighted by Crippen LogP contribution is 2.30. The highest BCUT2D eigenvalue weighted by molar-refractivity contribution is 5.49. The van der Waals surface area contributed by atoms with E-state index in [2.05, 4.69) is 4.98 Å². The molecule has 3 heteroatoms. The Bertz CT molecular complexity index is 338. The lowest BCUT2D eigenvalue weighted by Crippen LogP contribution is -2.22. The summed E-state index contributed by atoms with van der Waals surface area (Å²) >= 11 is 0. The Balaban J connectivity index is 2.30. The Morgan fingerprint density at radius 1 is 1.64 bits per heavy atom. The largest absolute Gasteiger partial charge is 0.337 e. The lowest BCUT2D eigenvalue weighted by atomic mass is 10.1. The maximum atomic E-state index is 10.8. The maximum Gasteiger partial charge on any atom is 0.210 e. The summed E-state index contributed by atoms with van der Waals surface area (Å²) in [4.78, 5) is 17.0. The number of carbonyl (C=O) groups excluding carboxylic acids is 1. The number of carbonyl (C=O) groups is 1. The van der Waals surface area contributed by atoms with Crippen molar-refractivity contribution in [3.8, 4) is 0 Å². The van der Waals surface area contributed by atoms with Gasteiger partial charge in [0.05, 0.1) is 11.7 Å². The number of pyridine rings is 1. The van der Waals surface area contributed by atoms with Crippen LogP contribution < -0.4 is 0 Å². The van der Waals surface area contributed by atoms with Gasteiger partial charge in [0.2, 0.25) is 6.41 Å². The molecular weight excluding hydrogens is 176 g/mol. The molecule has 0 radical (unpaired) electrons. The third-order valence-corrected chi connectivity index (χ3v) is 2.80. The van der Waals surface area contributed by atoms with Gasteiger partial charge in [0.25, 0.3) is 0 Å². The molecule has 3 nitrogen and oxygen atoms in total. The summed E-state index contributed by atoms with van der Waals surface area (Å²) in [6.45, 7) is 2.91. The van der Waals surface area contributed by atoms with Gasteiger partial charge < -0.3 is 4.90 Å². The van der Waals surface area contributed by atoms with Crippen LogP contribution >= 0.6 is 0 Å². The van der Waals surface area contributed by atoms with Crippen molar-refractivity contribution in [1.29, 1.82) is 0 Å². The molecule has 74 valence electrons. The van der Waals surface area contributed by atoms with E-state index in [-0.39, 0.29) is 6.04 Å². The van der Waals surface area contributed by atoms with Crippen LogP contribution in [0.3, 0.4) is 0 Å². The van der Waals surface area contributed by atoms with Crippen molar-refractivity contribution in [2.24, 2.45) is 0 Å². The van der Waals surface area contributed by atoms with Crippen LogP contribution in [0.15, 0.2) is 18.3 Å². The molecule has 1 saturated heterocycles. The van der Waals surface area contributed by atoms with Gasteiger partial charge in [-0.05, 0) is 31.4 Å². The molecule has 0 aromatic carbocycles. The molecule has 1 aliphatic heterocycles. The van der Waals surface area contributed by atoms with Crippen LogP contribution in [0.25, 0.3) is 0 Å². The molecule has 1 aliphatic rings. The first-order valence-electron chi connectivity index (χ1n) is 4.95. The van der Waals surface area contributed by atoms with Gasteiger partial charge in [0.15, 0.2) is 0 Å². The van der Waals surface area contributed by atoms with Gasteiger partial charge in [-0.15, -0.1) is 0 Å². The molecule has 1 unspecified atom stereocenters. The zero-order valence-corrected chi connectivity index (χ0v) is 8.31. The highest BCUT2D eigenvalue weighted by Gasteiger charge is 2.26. The average molecular weight is 190 g/mol. The second-order valence-corrected chi connectivity index (χ2v) is 3.71. The zero-order valence-electron chi connectivity index (χ0n) is 8.31. The monoisotopic (exact) mass is 190 g/mol. The number of hydrogen-bond donors (Lipinski definition) is 0. The van der Waals surface area contributed by atoms with Crippen molar-refractivity contribution in [2.75, 3.05) is 6.54 Å². The van der Waals surface area contributed by atoms with Crippen LogP contribution in [-0.2, 0) is 4.79 Å². The molecule has 2 heterocycles. The van der Waals surface area contributed by atoms with Crippen molar-refractivity contribution < 1.29 is 4.79 Å². The normalized spacial score (nSPS) is 21.2. The number of hydrogen-bond acceptors (Lipinski definition) is 2. The smallest absolute Gasteiger partial charge is 0.210 e. The van der Waals surface area contributed by atoms with Crippen LogP contribution in [0.4, 0.5) is 0 Å². The first kappa shape index (κ1) is 9.19. The second kappa shape index (κ2) is 3.78. The van der Waals surface area contributed by atoms with Crippen LogP contribution in [0.2, 0.25) is 0 Å². The van der Waals surface area contributed by atoms with Crippen LogP contribution in [0, 0.1) is 6.92 Å². The van der Waals surface area contributed by atoms with Gasteiger partial charge in [-0.3, -0.25) is 9.78 Å². The first-order valence-corrected chi connectivity index (χ1v) is 4.95. The molecule has 0 spiro atoms. The first-order chi connectivity index (χ1) is 6.83. The lowest BCUT2D eigenvalue weighted by molar-refractivity contribution is -0.119. The summed E-state index contributed by atoms with van der Waals surface area (Å²) in [6, 6.07) is 4.18. The molecule has 0 N–H and O–H groups in total. The van der Waals surface area contributed by atoms with E-state index in [9.17, 15) is 4.79 Å². The van der Waals surface area contributed by atoms with Gasteiger partial charge in [-0.2, -0.15) is 0 Å². The summed E-state index contributed by atoms with van der Waals surface area (Å²) in [6.07, 6.45) is 4.85. The number of rotatable bonds is 2. The van der Waals surface area contributed by atoms with Crippen molar-refractivity contribution in [1.82, 2.24) is 9.88 Å². The molecule has 0 aliphatic carbocycles. The number of amides is 1. The van der Waals surface area contributed by atoms with Crippen molar-refractivity contribution in [3.63, 3.8) is 0 Å². The second-order valence-electron chi connectivity index (χ2n) is 3.71. The summed E-state index contributed by atoms with van der Waals surface area (Å²) in [7, 11) is 0. The fourth-order valence-electron chi connectivity index (χ4n) is 2.06. The standard InChI is InChI=1S/C11H14N2O/c1-9-4-2-6-12-11(9)10-5-3-7-13(10)8-14/h2,4,6,8,10H,3,5,7H2,1H3. The molecule has 0 bridgehead atoms. The third-order valence-electron chi connectivity index (χ3n) is 2.80. The summed E-state index contributed by atoms with van der Waals surface area (Å²) in [5.41, 5.74) is 2.23. The third kappa shape index (κ3) is 1.50. The van der Waals surface area contributed by atoms with Crippen LogP contribution in [0.5, 0.6) is 0 Å². The lowest BCUT2D eigenvalue weighted by Gasteiger charge is -2.20. The fraction of sp³-hybridized carbons (Fsp3) is 0.455. The van der Waals surface area contributed by atoms with E-state index in [0.29, 0.717) is 0 Å². The quantitative estimate of drug-likeness (QED) is 0.665. The Morgan fingerprint density at radius 3 is 3.21 bits per heavy atom. The molecule has 2 rings (SSSR count). The summed E-state index contributed by atoms with van der Waals surface area (Å²) in [5, 5.41) is 0. The Morgan fingerprint density at radius 2 is 2.50 bits per heavy atom. The van der Waals surface area contributed by atoms with E-state index >= 15 is 0 Å². The average Bonchev–Trinajstić information content (AvgIpc) is 2.66. The van der Waals surface area contributed by atoms with Crippen LogP contribution in [-0.4, -0.2) is 22.8 Å². The molecular formula is C11H14N2O. The van der Waals surface area contributed by atoms with E-state index in [4.69, 9.17) is 0 Å². The number of aryl methyl sites for hydroxylation is 1. The predicted molar refractivity (Wildman–Crippen MR) is 53.7 cm³/mol. The van der Waals surface area contributed by atoms with Crippen molar-refractivity contribution in [2.45, 2.75) is 25.8 Å². The Hall–Kier alpha value is -1.38. The fourth-order valence-corrected chi connectivity index (χ4v) is 2.06. The van der Waals surface area contributed by atoms with Crippen LogP contribution in [0.1, 0.15) is 30.1 Å². The summed E-state index contributed by atoms with van der Waals surface area (Å²) in [5.74, 6) is 0. The molecule has 1 amide bonds. The SMILES string of the molecule is Cc1cccnc1C1CCCN1C=O. The highest BCUT2D eigenvalue weighted by atomic mass is 16.1. The van der Waals surface area contributed by atoms with E-state index < -0.39 is 0 Å². The van der Waals surface area contributed by atoms with Gasteiger partial charge in [-0.25, -0.2) is 0 Å². The van der Waals surface area contributed by atoms with E-state index in [0.717, 1.165) is 31.5 Å². The van der Waals surface area contributed by atoms with Gasteiger partial charge in [0.1, 0.15) is 0 Å². The topological polar surface area (TPSA) is 33.2 Å². The summed E-state index contributed by atoms with van der Waals surface area (Å²) < 4.78 is 0. The minimum Gasteiger partial charge on any atom is -0.337 e. The molecule has 14 heavy (non-hydrogen) atoms. The predicted octanol–water partition coefficient (Wildman–Crippen LogP) is 1.68. The Labute approximate surface area is 83.8 Å². The molecule has 1 fully saturated rings. The molecule has 1 aromatic rings. The minimum absolute atomic E-state index is 0.202. The minimum atomic E-state index is 0.202. The van der Waals surface area contributed by atoms with E-state index in [1.165, 1.54) is 5.56 Å². The van der Waals surface area contributed by atoms with E-state index in [1.54, 1.807) is 6.20 Å². The zero-order chi connectivity index (χ0) is 9.97.